The number of nitrogens with zero attached hydrogens (tertiary/aromatic N) is 3. The molecule has 6 nitrogen and oxygen atoms in total. The lowest BCUT2D eigenvalue weighted by Crippen LogP contribution is -2.40. The molecule has 1 aromatic carbocycles. The minimum Gasteiger partial charge on any atom is -0.507 e. The van der Waals surface area contributed by atoms with Crippen LogP contribution in [0.5, 0.6) is 5.75 Å². The molecule has 2 aliphatic rings. The molecule has 0 amide bonds. The van der Waals surface area contributed by atoms with E-state index in [4.69, 9.17) is 16.3 Å². The average Bonchev–Trinajstić information content (AvgIpc) is 2.63. The lowest BCUT2D eigenvalue weighted by molar-refractivity contribution is 0.111. The van der Waals surface area contributed by atoms with Gasteiger partial charge in [0.15, 0.2) is 5.82 Å². The fourth-order valence-corrected chi connectivity index (χ4v) is 3.96. The van der Waals surface area contributed by atoms with Crippen LogP contribution in [0.25, 0.3) is 11.3 Å². The summed E-state index contributed by atoms with van der Waals surface area (Å²) in [5.41, 5.74) is 3.51. The summed E-state index contributed by atoms with van der Waals surface area (Å²) in [6.07, 6.45) is 3.06. The number of benzene rings is 1. The van der Waals surface area contributed by atoms with Crippen molar-refractivity contribution >= 4 is 17.4 Å². The Morgan fingerprint density at radius 3 is 3.00 bits per heavy atom. The topological polar surface area (TPSA) is 70.5 Å². The molecule has 4 rings (SSSR count). The van der Waals surface area contributed by atoms with Crippen LogP contribution in [-0.4, -0.2) is 53.0 Å². The highest BCUT2D eigenvalue weighted by Crippen LogP contribution is 2.36. The van der Waals surface area contributed by atoms with Gasteiger partial charge in [-0.3, -0.25) is 0 Å². The highest BCUT2D eigenvalue weighted by atomic mass is 35.5. The maximum Gasteiger partial charge on any atom is 0.154 e. The summed E-state index contributed by atoms with van der Waals surface area (Å²) in [4.78, 5) is 2.33. The Morgan fingerprint density at radius 2 is 2.19 bits per heavy atom. The van der Waals surface area contributed by atoms with Gasteiger partial charge < -0.3 is 20.1 Å². The van der Waals surface area contributed by atoms with Crippen molar-refractivity contribution in [2.45, 2.75) is 31.9 Å². The molecule has 0 aliphatic carbocycles. The highest BCUT2D eigenvalue weighted by molar-refractivity contribution is 6.30. The predicted octanol–water partition coefficient (Wildman–Crippen LogP) is 3.08. The minimum absolute atomic E-state index is 0.120. The summed E-state index contributed by atoms with van der Waals surface area (Å²) in [7, 11) is 2.14. The van der Waals surface area contributed by atoms with Gasteiger partial charge in [-0.05, 0) is 56.6 Å². The van der Waals surface area contributed by atoms with Crippen LogP contribution in [-0.2, 0) is 17.8 Å². The second kappa shape index (κ2) is 7.39. The molecule has 0 saturated carbocycles. The molecule has 1 aromatic heterocycles. The van der Waals surface area contributed by atoms with Crippen molar-refractivity contribution in [3.05, 3.63) is 34.3 Å². The van der Waals surface area contributed by atoms with E-state index in [1.165, 1.54) is 12.5 Å². The van der Waals surface area contributed by atoms with E-state index in [-0.39, 0.29) is 5.75 Å². The van der Waals surface area contributed by atoms with E-state index in [9.17, 15) is 5.11 Å². The lowest BCUT2D eigenvalue weighted by Gasteiger charge is -2.31. The summed E-state index contributed by atoms with van der Waals surface area (Å²) in [5.74, 6) is 0.923. The number of likely N-dealkylation sites (N-methyl/N-ethyl adjacent to an activating group) is 1. The third-order valence-electron chi connectivity index (χ3n) is 5.11. The van der Waals surface area contributed by atoms with Gasteiger partial charge in [0.1, 0.15) is 11.4 Å². The zero-order valence-corrected chi connectivity index (χ0v) is 15.6. The third kappa shape index (κ3) is 3.49. The molecule has 0 spiro atoms. The molecule has 26 heavy (non-hydrogen) atoms. The summed E-state index contributed by atoms with van der Waals surface area (Å²) in [6, 6.07) is 5.45. The van der Waals surface area contributed by atoms with Crippen molar-refractivity contribution in [3.63, 3.8) is 0 Å². The van der Waals surface area contributed by atoms with Crippen LogP contribution < -0.4 is 5.32 Å². The third-order valence-corrected chi connectivity index (χ3v) is 5.34. The molecule has 7 heteroatoms. The Morgan fingerprint density at radius 1 is 1.31 bits per heavy atom. The molecule has 0 bridgehead atoms. The standard InChI is InChI=1S/C19H23ClN4O2/c1-24-7-2-3-13(10-24)21-19-16-11-26-8-6-14(16)18(22-23-19)15-5-4-12(20)9-17(15)25/h4-5,9,13,25H,2-3,6-8,10-11H2,1H3,(H,21,23). The Labute approximate surface area is 158 Å². The van der Waals surface area contributed by atoms with E-state index < -0.39 is 0 Å². The van der Waals surface area contributed by atoms with Gasteiger partial charge >= 0.3 is 0 Å². The van der Waals surface area contributed by atoms with Crippen molar-refractivity contribution in [2.75, 3.05) is 32.1 Å². The fraction of sp³-hybridized carbons (Fsp3) is 0.474. The number of likely N-dealkylation sites (tertiary alicyclic amines) is 1. The van der Waals surface area contributed by atoms with Gasteiger partial charge in [0.05, 0.1) is 13.2 Å². The molecule has 1 atom stereocenters. The second-order valence-corrected chi connectivity index (χ2v) is 7.50. The zero-order chi connectivity index (χ0) is 18.1. The van der Waals surface area contributed by atoms with Crippen LogP contribution in [0.15, 0.2) is 18.2 Å². The van der Waals surface area contributed by atoms with E-state index in [1.807, 2.05) is 0 Å². The first-order valence-electron chi connectivity index (χ1n) is 9.02. The van der Waals surface area contributed by atoms with Crippen molar-refractivity contribution in [2.24, 2.45) is 0 Å². The van der Waals surface area contributed by atoms with Gasteiger partial charge in [-0.1, -0.05) is 11.6 Å². The summed E-state index contributed by atoms with van der Waals surface area (Å²) < 4.78 is 5.69. The number of halogens is 1. The van der Waals surface area contributed by atoms with E-state index in [0.717, 1.165) is 42.9 Å². The number of nitrogens with one attached hydrogen (secondary N) is 1. The van der Waals surface area contributed by atoms with Crippen LogP contribution in [0.2, 0.25) is 5.02 Å². The fourth-order valence-electron chi connectivity index (χ4n) is 3.79. The summed E-state index contributed by atoms with van der Waals surface area (Å²) in [5, 5.41) is 23.3. The van der Waals surface area contributed by atoms with Gasteiger partial charge in [-0.15, -0.1) is 10.2 Å². The quantitative estimate of drug-likeness (QED) is 0.860. The number of phenolic OH excluding ortho intramolecular Hbond substituents is 1. The number of hydrogen-bond acceptors (Lipinski definition) is 6. The van der Waals surface area contributed by atoms with E-state index >= 15 is 0 Å². The maximum absolute atomic E-state index is 10.3. The highest BCUT2D eigenvalue weighted by Gasteiger charge is 2.25. The molecular formula is C19H23ClN4O2. The Hall–Kier alpha value is -1.89. The van der Waals surface area contributed by atoms with Crippen molar-refractivity contribution in [3.8, 4) is 17.0 Å². The molecular weight excluding hydrogens is 352 g/mol. The first-order valence-corrected chi connectivity index (χ1v) is 9.40. The number of fused-ring (bicyclic) bond motifs is 1. The van der Waals surface area contributed by atoms with E-state index in [0.29, 0.717) is 35.5 Å². The largest absolute Gasteiger partial charge is 0.507 e. The van der Waals surface area contributed by atoms with E-state index in [1.54, 1.807) is 12.1 Å². The first-order chi connectivity index (χ1) is 12.6. The molecule has 138 valence electrons. The molecule has 1 unspecified atom stereocenters. The number of piperidine rings is 1. The van der Waals surface area contributed by atoms with Crippen molar-refractivity contribution in [1.29, 1.82) is 0 Å². The van der Waals surface area contributed by atoms with Crippen molar-refractivity contribution in [1.82, 2.24) is 15.1 Å². The van der Waals surface area contributed by atoms with Gasteiger partial charge in [0, 0.05) is 28.7 Å². The number of aromatic hydroxyl groups is 1. The molecule has 2 aromatic rings. The Kier molecular flexibility index (Phi) is 4.98. The molecule has 2 N–H and O–H groups in total. The number of anilines is 1. The first kappa shape index (κ1) is 17.5. The normalized spacial score (nSPS) is 20.6. The van der Waals surface area contributed by atoms with Crippen LogP contribution in [0.3, 0.4) is 0 Å². The molecule has 3 heterocycles. The molecule has 1 fully saturated rings. The van der Waals surface area contributed by atoms with Crippen LogP contribution >= 0.6 is 11.6 Å². The van der Waals surface area contributed by atoms with Crippen molar-refractivity contribution < 1.29 is 9.84 Å². The number of aromatic nitrogens is 2. The number of ether oxygens (including phenoxy) is 1. The lowest BCUT2D eigenvalue weighted by atomic mass is 9.97. The Bertz CT molecular complexity index is 814. The SMILES string of the molecule is CN1CCCC(Nc2nnc(-c3ccc(Cl)cc3O)c3c2COCC3)C1. The van der Waals surface area contributed by atoms with Gasteiger partial charge in [0.2, 0.25) is 0 Å². The van der Waals surface area contributed by atoms with Gasteiger partial charge in [0.25, 0.3) is 0 Å². The number of phenols is 1. The second-order valence-electron chi connectivity index (χ2n) is 7.06. The predicted molar refractivity (Wildman–Crippen MR) is 102 cm³/mol. The molecule has 1 saturated heterocycles. The molecule has 2 aliphatic heterocycles. The monoisotopic (exact) mass is 374 g/mol. The van der Waals surface area contributed by atoms with Gasteiger partial charge in [-0.2, -0.15) is 0 Å². The minimum atomic E-state index is 0.120. The molecule has 0 radical (unpaired) electrons. The van der Waals surface area contributed by atoms with Crippen LogP contribution in [0.1, 0.15) is 24.0 Å². The summed E-state index contributed by atoms with van der Waals surface area (Å²) >= 11 is 5.96. The van der Waals surface area contributed by atoms with Crippen LogP contribution in [0.4, 0.5) is 5.82 Å². The smallest absolute Gasteiger partial charge is 0.154 e. The maximum atomic E-state index is 10.3. The zero-order valence-electron chi connectivity index (χ0n) is 14.8. The summed E-state index contributed by atoms with van der Waals surface area (Å²) in [6.45, 7) is 3.29. The van der Waals surface area contributed by atoms with Crippen LogP contribution in [0, 0.1) is 0 Å². The number of rotatable bonds is 3. The van der Waals surface area contributed by atoms with E-state index in [2.05, 4.69) is 27.5 Å². The number of hydrogen-bond donors (Lipinski definition) is 2. The average molecular weight is 375 g/mol. The van der Waals surface area contributed by atoms with Gasteiger partial charge in [-0.25, -0.2) is 0 Å². The Balaban J connectivity index is 1.70.